The van der Waals surface area contributed by atoms with Gasteiger partial charge in [-0.1, -0.05) is 5.16 Å². The van der Waals surface area contributed by atoms with Crippen LogP contribution >= 0.6 is 0 Å². The van der Waals surface area contributed by atoms with E-state index in [0.29, 0.717) is 11.5 Å². The SMILES string of the molecule is Cc1cc(C(=O)NC2=CC=C(F)C([C@]3(C)CN(C)S(=O)(=O)C(C)(C)C(N)=N3)C2)no1. The largest absolute Gasteiger partial charge is 0.386 e. The van der Waals surface area contributed by atoms with Crippen LogP contribution in [-0.2, 0) is 10.0 Å². The molecule has 0 aromatic carbocycles. The van der Waals surface area contributed by atoms with E-state index in [1.807, 2.05) is 0 Å². The lowest BCUT2D eigenvalue weighted by molar-refractivity contribution is 0.0952. The number of rotatable bonds is 3. The number of carbonyl (C=O) groups excluding carboxylic acids is 1. The summed E-state index contributed by atoms with van der Waals surface area (Å²) in [5, 5.41) is 6.37. The van der Waals surface area contributed by atoms with Gasteiger partial charge in [0.25, 0.3) is 5.91 Å². The molecule has 0 bridgehead atoms. The van der Waals surface area contributed by atoms with E-state index in [1.165, 1.54) is 43.4 Å². The number of aromatic nitrogens is 1. The van der Waals surface area contributed by atoms with Gasteiger partial charge in [-0.15, -0.1) is 0 Å². The molecule has 0 spiro atoms. The summed E-state index contributed by atoms with van der Waals surface area (Å²) in [5.74, 6) is -1.36. The number of allylic oxidation sites excluding steroid dienone is 3. The Labute approximate surface area is 174 Å². The van der Waals surface area contributed by atoms with E-state index in [1.54, 1.807) is 13.8 Å². The van der Waals surface area contributed by atoms with Gasteiger partial charge in [-0.25, -0.2) is 17.1 Å². The average molecular weight is 440 g/mol. The molecule has 1 aromatic rings. The highest BCUT2D eigenvalue weighted by molar-refractivity contribution is 7.91. The Morgan fingerprint density at radius 3 is 2.63 bits per heavy atom. The van der Waals surface area contributed by atoms with E-state index < -0.39 is 38.0 Å². The molecule has 1 amide bonds. The van der Waals surface area contributed by atoms with Gasteiger partial charge in [0.15, 0.2) is 5.69 Å². The number of nitrogens with zero attached hydrogens (tertiary/aromatic N) is 3. The molecule has 30 heavy (non-hydrogen) atoms. The first-order valence-corrected chi connectivity index (χ1v) is 10.8. The van der Waals surface area contributed by atoms with Gasteiger partial charge < -0.3 is 15.6 Å². The highest BCUT2D eigenvalue weighted by Crippen LogP contribution is 2.40. The summed E-state index contributed by atoms with van der Waals surface area (Å²) in [4.78, 5) is 16.9. The van der Waals surface area contributed by atoms with Gasteiger partial charge in [0.2, 0.25) is 10.0 Å². The van der Waals surface area contributed by atoms with Crippen molar-refractivity contribution in [2.24, 2.45) is 16.6 Å². The lowest BCUT2D eigenvalue weighted by atomic mass is 9.79. The molecule has 164 valence electrons. The van der Waals surface area contributed by atoms with Crippen LogP contribution in [0.25, 0.3) is 0 Å². The number of likely N-dealkylation sites (N-methyl/N-ethyl adjacent to an activating group) is 1. The number of hydrogen-bond acceptors (Lipinski definition) is 7. The maximum absolute atomic E-state index is 14.9. The number of sulfonamides is 1. The minimum absolute atomic E-state index is 0.0604. The van der Waals surface area contributed by atoms with Crippen LogP contribution in [0, 0.1) is 12.8 Å². The first-order chi connectivity index (χ1) is 13.8. The monoisotopic (exact) mass is 439 g/mol. The normalized spacial score (nSPS) is 28.7. The number of aryl methyl sites for hydroxylation is 1. The maximum atomic E-state index is 14.9. The molecule has 0 saturated heterocycles. The molecule has 1 aliphatic carbocycles. The zero-order valence-corrected chi connectivity index (χ0v) is 18.4. The van der Waals surface area contributed by atoms with Crippen molar-refractivity contribution in [3.63, 3.8) is 0 Å². The molecule has 2 aliphatic rings. The molecule has 1 aliphatic heterocycles. The van der Waals surface area contributed by atoms with Crippen LogP contribution < -0.4 is 11.1 Å². The number of hydrogen-bond donors (Lipinski definition) is 2. The Kier molecular flexibility index (Phi) is 5.40. The van der Waals surface area contributed by atoms with Crippen LogP contribution in [0.3, 0.4) is 0 Å². The number of carbonyl (C=O) groups is 1. The van der Waals surface area contributed by atoms with Crippen molar-refractivity contribution in [1.29, 1.82) is 0 Å². The summed E-state index contributed by atoms with van der Waals surface area (Å²) >= 11 is 0. The molecule has 3 rings (SSSR count). The fourth-order valence-corrected chi connectivity index (χ4v) is 5.19. The number of amides is 1. The summed E-state index contributed by atoms with van der Waals surface area (Å²) in [7, 11) is -2.36. The Balaban J connectivity index is 1.90. The van der Waals surface area contributed by atoms with Gasteiger partial charge in [-0.2, -0.15) is 0 Å². The Morgan fingerprint density at radius 1 is 1.37 bits per heavy atom. The van der Waals surface area contributed by atoms with Gasteiger partial charge in [0, 0.05) is 31.3 Å². The van der Waals surface area contributed by atoms with Crippen molar-refractivity contribution in [2.75, 3.05) is 13.6 Å². The molecular formula is C19H26FN5O4S. The molecular weight excluding hydrogens is 413 g/mol. The highest BCUT2D eigenvalue weighted by Gasteiger charge is 2.50. The van der Waals surface area contributed by atoms with E-state index in [2.05, 4.69) is 15.5 Å². The van der Waals surface area contributed by atoms with Crippen LogP contribution in [-0.4, -0.2) is 53.5 Å². The topological polar surface area (TPSA) is 131 Å². The fourth-order valence-electron chi connectivity index (χ4n) is 3.67. The van der Waals surface area contributed by atoms with Crippen molar-refractivity contribution < 1.29 is 22.1 Å². The van der Waals surface area contributed by atoms with Crippen molar-refractivity contribution in [1.82, 2.24) is 14.8 Å². The van der Waals surface area contributed by atoms with E-state index in [4.69, 9.17) is 10.3 Å². The minimum Gasteiger partial charge on any atom is -0.386 e. The van der Waals surface area contributed by atoms with Gasteiger partial charge in [0.05, 0.1) is 5.54 Å². The first-order valence-electron chi connectivity index (χ1n) is 9.40. The standard InChI is InChI=1S/C19H26FN5O4S/c1-11-8-15(24-29-11)16(26)22-12-6-7-14(20)13(9-12)19(4)10-25(5)30(27,28)18(2,3)17(21)23-19/h6-8,13H,9-10H2,1-5H3,(H2,21,23)(H,22,26)/t13?,19-/m0/s1. The zero-order valence-electron chi connectivity index (χ0n) is 17.6. The zero-order chi connectivity index (χ0) is 22.5. The summed E-state index contributed by atoms with van der Waals surface area (Å²) in [6.07, 6.45) is 2.82. The molecule has 11 heteroatoms. The van der Waals surface area contributed by atoms with Crippen LogP contribution in [0.5, 0.6) is 0 Å². The van der Waals surface area contributed by atoms with E-state index >= 15 is 0 Å². The predicted octanol–water partition coefficient (Wildman–Crippen LogP) is 1.64. The molecule has 0 fully saturated rings. The smallest absolute Gasteiger partial charge is 0.277 e. The molecule has 0 saturated carbocycles. The van der Waals surface area contributed by atoms with Crippen molar-refractivity contribution in [3.05, 3.63) is 41.2 Å². The van der Waals surface area contributed by atoms with Crippen LogP contribution in [0.2, 0.25) is 0 Å². The Bertz CT molecular complexity index is 1070. The molecule has 0 radical (unpaired) electrons. The average Bonchev–Trinajstić information content (AvgIpc) is 3.07. The van der Waals surface area contributed by atoms with Crippen LogP contribution in [0.1, 0.15) is 43.4 Å². The predicted molar refractivity (Wildman–Crippen MR) is 110 cm³/mol. The van der Waals surface area contributed by atoms with Gasteiger partial charge in [-0.05, 0) is 46.3 Å². The molecule has 2 atom stereocenters. The highest BCUT2D eigenvalue weighted by atomic mass is 32.2. The number of aliphatic imine (C=N–C) groups is 1. The lowest BCUT2D eigenvalue weighted by Gasteiger charge is -2.36. The third-order valence-electron chi connectivity index (χ3n) is 5.68. The quantitative estimate of drug-likeness (QED) is 0.736. The number of amidine groups is 1. The number of nitrogens with one attached hydrogen (secondary N) is 1. The van der Waals surface area contributed by atoms with Crippen molar-refractivity contribution in [3.8, 4) is 0 Å². The maximum Gasteiger partial charge on any atom is 0.277 e. The second kappa shape index (κ2) is 7.31. The van der Waals surface area contributed by atoms with Crippen molar-refractivity contribution in [2.45, 2.75) is 44.4 Å². The van der Waals surface area contributed by atoms with Gasteiger partial charge in [-0.3, -0.25) is 9.79 Å². The van der Waals surface area contributed by atoms with E-state index in [-0.39, 0.29) is 24.5 Å². The Morgan fingerprint density at radius 2 is 2.03 bits per heavy atom. The summed E-state index contributed by atoms with van der Waals surface area (Å²) in [5.41, 5.74) is 5.46. The first kappa shape index (κ1) is 22.2. The number of halogens is 1. The van der Waals surface area contributed by atoms with Gasteiger partial charge >= 0.3 is 0 Å². The molecule has 2 heterocycles. The fraction of sp³-hybridized carbons (Fsp3) is 0.526. The summed E-state index contributed by atoms with van der Waals surface area (Å²) in [6, 6.07) is 1.49. The minimum atomic E-state index is -3.79. The van der Waals surface area contributed by atoms with E-state index in [0.717, 1.165) is 0 Å². The molecule has 1 aromatic heterocycles. The van der Waals surface area contributed by atoms with Crippen LogP contribution in [0.4, 0.5) is 4.39 Å². The molecule has 3 N–H and O–H groups in total. The summed E-state index contributed by atoms with van der Waals surface area (Å²) in [6.45, 7) is 6.22. The molecule has 1 unspecified atom stereocenters. The van der Waals surface area contributed by atoms with Crippen LogP contribution in [0.15, 0.2) is 39.3 Å². The third kappa shape index (κ3) is 3.67. The summed E-state index contributed by atoms with van der Waals surface area (Å²) < 4.78 is 45.2. The second-order valence-electron chi connectivity index (χ2n) is 8.40. The van der Waals surface area contributed by atoms with E-state index in [9.17, 15) is 17.6 Å². The second-order valence-corrected chi connectivity index (χ2v) is 11.0. The number of nitrogens with two attached hydrogens (primary N) is 1. The van der Waals surface area contributed by atoms with Crippen molar-refractivity contribution >= 4 is 21.8 Å². The Hall–Kier alpha value is -2.53. The lowest BCUT2D eigenvalue weighted by Crippen LogP contribution is -2.50. The molecule has 9 nitrogen and oxygen atoms in total. The van der Waals surface area contributed by atoms with Gasteiger partial charge in [0.1, 0.15) is 22.2 Å². The third-order valence-corrected chi connectivity index (χ3v) is 8.13.